The number of aliphatic hydroxyl groups excluding tert-OH is 1. The van der Waals surface area contributed by atoms with Crippen molar-refractivity contribution in [2.45, 2.75) is 24.1 Å². The Kier molecular flexibility index (Phi) is 10.9. The van der Waals surface area contributed by atoms with Gasteiger partial charge in [-0.2, -0.15) is 0 Å². The van der Waals surface area contributed by atoms with Crippen molar-refractivity contribution in [2.75, 3.05) is 6.61 Å². The van der Waals surface area contributed by atoms with E-state index in [1.165, 1.54) is 6.92 Å². The second-order valence-corrected chi connectivity index (χ2v) is 5.68. The van der Waals surface area contributed by atoms with Crippen molar-refractivity contribution in [1.82, 2.24) is 0 Å². The van der Waals surface area contributed by atoms with Crippen LogP contribution in [0.2, 0.25) is 0 Å². The van der Waals surface area contributed by atoms with Gasteiger partial charge in [0, 0.05) is 6.92 Å². The van der Waals surface area contributed by atoms with E-state index in [2.05, 4.69) is 12.2 Å². The number of thiocarbonyl (C=S) groups is 2. The Morgan fingerprint density at radius 1 is 1.36 bits per heavy atom. The molecule has 7 heteroatoms. The third-order valence-electron chi connectivity index (χ3n) is 0.650. The Bertz CT molecular complexity index is 188. The number of hydrogen-bond donors (Lipinski definition) is 1. The minimum absolute atomic E-state index is 0.000000000000000222. The summed E-state index contributed by atoms with van der Waals surface area (Å²) in [5.74, 6) is 0. The molecular weight excluding hydrogens is 287 g/mol. The third kappa shape index (κ3) is 22.9. The van der Waals surface area contributed by atoms with Crippen LogP contribution in [0.4, 0.5) is 0 Å². The highest BCUT2D eigenvalue weighted by Crippen LogP contribution is 2.30. The molecule has 0 saturated heterocycles. The SMILES string of the molecule is CC(O)=S.CCOC(=S)CC(Cl)(Cl)Cl. The van der Waals surface area contributed by atoms with Gasteiger partial charge < -0.3 is 9.84 Å². The maximum atomic E-state index is 7.79. The second kappa shape index (κ2) is 8.92. The minimum Gasteiger partial charge on any atom is -0.502 e. The molecule has 0 aromatic carbocycles. The smallest absolute Gasteiger partial charge is 0.198 e. The topological polar surface area (TPSA) is 29.5 Å². The van der Waals surface area contributed by atoms with Gasteiger partial charge in [0.15, 0.2) is 13.9 Å². The Labute approximate surface area is 109 Å². The van der Waals surface area contributed by atoms with Crippen molar-refractivity contribution >= 4 is 69.3 Å². The summed E-state index contributed by atoms with van der Waals surface area (Å²) in [7, 11) is 0. The van der Waals surface area contributed by atoms with Gasteiger partial charge in [0.05, 0.1) is 13.0 Å². The zero-order chi connectivity index (χ0) is 11.8. The van der Waals surface area contributed by atoms with Crippen LogP contribution in [0.25, 0.3) is 0 Å². The molecular formula is C7H11Cl3O2S2. The molecule has 0 heterocycles. The van der Waals surface area contributed by atoms with Crippen LogP contribution < -0.4 is 0 Å². The predicted molar refractivity (Wildman–Crippen MR) is 70.0 cm³/mol. The lowest BCUT2D eigenvalue weighted by atomic mass is 10.5. The summed E-state index contributed by atoms with van der Waals surface area (Å²) in [6.45, 7) is 3.79. The van der Waals surface area contributed by atoms with Crippen LogP contribution >= 0.6 is 59.2 Å². The van der Waals surface area contributed by atoms with Crippen LogP contribution in [0.15, 0.2) is 0 Å². The Morgan fingerprint density at radius 2 is 1.71 bits per heavy atom. The lowest BCUT2D eigenvalue weighted by molar-refractivity contribution is 0.327. The summed E-state index contributed by atoms with van der Waals surface area (Å²) in [5.41, 5.74) is 0. The first-order chi connectivity index (χ1) is 6.19. The van der Waals surface area contributed by atoms with E-state index in [1.807, 2.05) is 6.92 Å². The summed E-state index contributed by atoms with van der Waals surface area (Å²) in [5, 5.41) is 8.12. The van der Waals surface area contributed by atoms with Crippen molar-refractivity contribution in [3.63, 3.8) is 0 Å². The van der Waals surface area contributed by atoms with E-state index in [0.717, 1.165) is 0 Å². The molecule has 0 unspecified atom stereocenters. The fourth-order valence-electron chi connectivity index (χ4n) is 0.376. The molecule has 0 spiro atoms. The van der Waals surface area contributed by atoms with Crippen molar-refractivity contribution in [2.24, 2.45) is 0 Å². The van der Waals surface area contributed by atoms with Gasteiger partial charge in [-0.1, -0.05) is 34.8 Å². The van der Waals surface area contributed by atoms with Gasteiger partial charge in [0.1, 0.15) is 0 Å². The highest BCUT2D eigenvalue weighted by molar-refractivity contribution is 7.80. The van der Waals surface area contributed by atoms with Crippen molar-refractivity contribution in [1.29, 1.82) is 0 Å². The van der Waals surface area contributed by atoms with E-state index in [1.54, 1.807) is 0 Å². The number of rotatable bonds is 2. The molecule has 0 aromatic rings. The normalized spacial score (nSPS) is 9.79. The van der Waals surface area contributed by atoms with Gasteiger partial charge in [-0.05, 0) is 31.4 Å². The first kappa shape index (κ1) is 17.1. The van der Waals surface area contributed by atoms with Gasteiger partial charge in [0.2, 0.25) is 0 Å². The Balaban J connectivity index is 0. The molecule has 0 amide bonds. The number of alkyl halides is 3. The lowest BCUT2D eigenvalue weighted by Crippen LogP contribution is -2.12. The fraction of sp³-hybridized carbons (Fsp3) is 0.714. The van der Waals surface area contributed by atoms with E-state index >= 15 is 0 Å². The highest BCUT2D eigenvalue weighted by atomic mass is 35.6. The number of hydrogen-bond acceptors (Lipinski definition) is 3. The average molecular weight is 298 g/mol. The Hall–Kier alpha value is 0.650. The summed E-state index contributed by atoms with van der Waals surface area (Å²) in [6, 6.07) is 0. The fourth-order valence-corrected chi connectivity index (χ4v) is 1.31. The molecule has 0 rings (SSSR count). The molecule has 14 heavy (non-hydrogen) atoms. The van der Waals surface area contributed by atoms with E-state index in [9.17, 15) is 0 Å². The van der Waals surface area contributed by atoms with E-state index in [0.29, 0.717) is 11.7 Å². The molecule has 0 aromatic heterocycles. The molecule has 0 aliphatic rings. The molecule has 0 atom stereocenters. The summed E-state index contributed by atoms with van der Waals surface area (Å²) >= 11 is 25.1. The number of halogens is 3. The predicted octanol–water partition coefficient (Wildman–Crippen LogP) is 4.00. The largest absolute Gasteiger partial charge is 0.502 e. The van der Waals surface area contributed by atoms with Crippen LogP contribution in [0.5, 0.6) is 0 Å². The van der Waals surface area contributed by atoms with Crippen LogP contribution in [0, 0.1) is 0 Å². The third-order valence-corrected chi connectivity index (χ3v) is 1.31. The van der Waals surface area contributed by atoms with Crippen molar-refractivity contribution < 1.29 is 9.84 Å². The van der Waals surface area contributed by atoms with E-state index < -0.39 is 3.79 Å². The van der Waals surface area contributed by atoms with E-state index in [4.69, 9.17) is 56.9 Å². The maximum absolute atomic E-state index is 7.79. The first-order valence-corrected chi connectivity index (χ1v) is 5.56. The number of aliphatic hydroxyl groups is 1. The monoisotopic (exact) mass is 296 g/mol. The standard InChI is InChI=1S/C5H7Cl3OS.C2H4OS/c1-2-9-4(10)3-5(6,7)8;1-2(3)4/h2-3H2,1H3;1H3,(H,3,4). The maximum Gasteiger partial charge on any atom is 0.198 e. The summed E-state index contributed by atoms with van der Waals surface area (Å²) < 4.78 is 3.57. The highest BCUT2D eigenvalue weighted by Gasteiger charge is 2.22. The molecule has 0 radical (unpaired) electrons. The lowest BCUT2D eigenvalue weighted by Gasteiger charge is -2.10. The number of ether oxygens (including phenoxy) is 1. The van der Waals surface area contributed by atoms with Crippen LogP contribution in [-0.4, -0.2) is 25.6 Å². The van der Waals surface area contributed by atoms with Gasteiger partial charge >= 0.3 is 0 Å². The minimum atomic E-state index is -1.33. The summed E-state index contributed by atoms with van der Waals surface area (Å²) in [4.78, 5) is 0. The molecule has 2 nitrogen and oxygen atoms in total. The Morgan fingerprint density at radius 3 is 1.93 bits per heavy atom. The summed E-state index contributed by atoms with van der Waals surface area (Å²) in [6.07, 6.45) is 0.168. The van der Waals surface area contributed by atoms with E-state index in [-0.39, 0.29) is 11.5 Å². The van der Waals surface area contributed by atoms with Crippen molar-refractivity contribution in [3.8, 4) is 0 Å². The second-order valence-electron chi connectivity index (χ2n) is 2.12. The molecule has 0 fully saturated rings. The van der Waals surface area contributed by atoms with Crippen molar-refractivity contribution in [3.05, 3.63) is 0 Å². The molecule has 1 N–H and O–H groups in total. The van der Waals surface area contributed by atoms with Gasteiger partial charge in [0.25, 0.3) is 0 Å². The van der Waals surface area contributed by atoms with Gasteiger partial charge in [-0.25, -0.2) is 0 Å². The van der Waals surface area contributed by atoms with Gasteiger partial charge in [-0.3, -0.25) is 0 Å². The zero-order valence-corrected chi connectivity index (χ0v) is 11.6. The average Bonchev–Trinajstić information content (AvgIpc) is 1.80. The molecule has 0 bridgehead atoms. The molecule has 0 aliphatic carbocycles. The quantitative estimate of drug-likeness (QED) is 0.616. The molecule has 0 saturated carbocycles. The van der Waals surface area contributed by atoms with Crippen LogP contribution in [0.1, 0.15) is 20.3 Å². The van der Waals surface area contributed by atoms with Gasteiger partial charge in [-0.15, -0.1) is 0 Å². The van der Waals surface area contributed by atoms with Crippen LogP contribution in [0.3, 0.4) is 0 Å². The first-order valence-electron chi connectivity index (χ1n) is 3.61. The molecule has 0 aliphatic heterocycles. The van der Waals surface area contributed by atoms with Crippen LogP contribution in [-0.2, 0) is 4.74 Å². The molecule has 84 valence electrons. The zero-order valence-electron chi connectivity index (χ0n) is 7.72.